The quantitative estimate of drug-likeness (QED) is 0.808. The highest BCUT2D eigenvalue weighted by atomic mass is 35.5. The third kappa shape index (κ3) is 6.23. The number of hydrogen-bond donors (Lipinski definition) is 2. The number of esters is 1. The molecule has 0 aliphatic heterocycles. The van der Waals surface area contributed by atoms with Crippen LogP contribution in [0, 0.1) is 5.92 Å². The summed E-state index contributed by atoms with van der Waals surface area (Å²) in [4.78, 5) is 23.6. The molecule has 1 atom stereocenters. The van der Waals surface area contributed by atoms with Crippen molar-refractivity contribution in [1.82, 2.24) is 5.32 Å². The maximum Gasteiger partial charge on any atom is 0.328 e. The van der Waals surface area contributed by atoms with Crippen LogP contribution in [-0.4, -0.2) is 25.2 Å². The third-order valence-corrected chi connectivity index (χ3v) is 3.05. The summed E-state index contributed by atoms with van der Waals surface area (Å²) in [5, 5.41) is 5.97. The molecule has 0 heterocycles. The van der Waals surface area contributed by atoms with E-state index in [1.807, 2.05) is 13.8 Å². The van der Waals surface area contributed by atoms with Gasteiger partial charge in [-0.05, 0) is 30.5 Å². The molecule has 0 spiro atoms. The highest BCUT2D eigenvalue weighted by molar-refractivity contribution is 6.35. The van der Waals surface area contributed by atoms with Crippen molar-refractivity contribution in [2.45, 2.75) is 26.3 Å². The Labute approximate surface area is 133 Å². The number of rotatable bonds is 5. The average Bonchev–Trinajstić information content (AvgIpc) is 2.34. The molecule has 2 amide bonds. The summed E-state index contributed by atoms with van der Waals surface area (Å²) in [6, 6.07) is 3.45. The van der Waals surface area contributed by atoms with Crippen molar-refractivity contribution >= 4 is 40.9 Å². The van der Waals surface area contributed by atoms with Crippen LogP contribution in [0.4, 0.5) is 10.5 Å². The number of nitrogens with one attached hydrogen (secondary N) is 2. The Hall–Kier alpha value is -1.46. The van der Waals surface area contributed by atoms with Crippen molar-refractivity contribution in [2.75, 3.05) is 12.4 Å². The van der Waals surface area contributed by atoms with Crippen LogP contribution in [-0.2, 0) is 9.53 Å². The number of hydrogen-bond acceptors (Lipinski definition) is 3. The second kappa shape index (κ2) is 8.10. The first-order valence-corrected chi connectivity index (χ1v) is 7.19. The maximum absolute atomic E-state index is 11.9. The number of amides is 2. The van der Waals surface area contributed by atoms with Crippen LogP contribution in [0.5, 0.6) is 0 Å². The Bertz CT molecular complexity index is 501. The minimum atomic E-state index is -0.704. The number of carbonyl (C=O) groups excluding carboxylic acids is 2. The van der Waals surface area contributed by atoms with Gasteiger partial charge in [0.05, 0.1) is 7.11 Å². The Morgan fingerprint density at radius 3 is 2.24 bits per heavy atom. The second-order valence-electron chi connectivity index (χ2n) is 4.96. The third-order valence-electron chi connectivity index (χ3n) is 2.62. The molecule has 2 N–H and O–H groups in total. The van der Waals surface area contributed by atoms with Crippen LogP contribution >= 0.6 is 23.2 Å². The summed E-state index contributed by atoms with van der Waals surface area (Å²) in [5.41, 5.74) is 0.443. The summed E-state index contributed by atoms with van der Waals surface area (Å²) < 4.78 is 4.68. The van der Waals surface area contributed by atoms with Crippen LogP contribution in [0.15, 0.2) is 18.2 Å². The van der Waals surface area contributed by atoms with Crippen molar-refractivity contribution in [3.8, 4) is 0 Å². The van der Waals surface area contributed by atoms with Crippen molar-refractivity contribution in [3.05, 3.63) is 28.2 Å². The van der Waals surface area contributed by atoms with Crippen LogP contribution in [0.25, 0.3) is 0 Å². The molecule has 0 unspecified atom stereocenters. The summed E-state index contributed by atoms with van der Waals surface area (Å²) >= 11 is 11.7. The van der Waals surface area contributed by atoms with Gasteiger partial charge in [-0.15, -0.1) is 0 Å². The standard InChI is InChI=1S/C14H18Cl2N2O3/c1-8(2)4-12(13(19)21-3)18-14(20)17-11-6-9(15)5-10(16)7-11/h5-8,12H,4H2,1-3H3,(H2,17,18,20)/t12-/m0/s1. The zero-order valence-electron chi connectivity index (χ0n) is 12.1. The molecule has 0 aromatic heterocycles. The molecular formula is C14H18Cl2N2O3. The van der Waals surface area contributed by atoms with E-state index in [-0.39, 0.29) is 5.92 Å². The lowest BCUT2D eigenvalue weighted by Gasteiger charge is -2.18. The molecule has 0 fully saturated rings. The fraction of sp³-hybridized carbons (Fsp3) is 0.429. The van der Waals surface area contributed by atoms with E-state index in [0.29, 0.717) is 22.2 Å². The molecule has 0 aliphatic rings. The predicted molar refractivity (Wildman–Crippen MR) is 83.9 cm³/mol. The van der Waals surface area contributed by atoms with Crippen molar-refractivity contribution < 1.29 is 14.3 Å². The molecule has 0 saturated carbocycles. The van der Waals surface area contributed by atoms with Gasteiger partial charge in [-0.2, -0.15) is 0 Å². The van der Waals surface area contributed by atoms with Crippen LogP contribution in [0.1, 0.15) is 20.3 Å². The highest BCUT2D eigenvalue weighted by Crippen LogP contribution is 2.22. The zero-order valence-corrected chi connectivity index (χ0v) is 13.6. The predicted octanol–water partition coefficient (Wildman–Crippen LogP) is 3.70. The Balaban J connectivity index is 2.71. The molecule has 1 rings (SSSR count). The van der Waals surface area contributed by atoms with Crippen molar-refractivity contribution in [2.24, 2.45) is 5.92 Å². The molecular weight excluding hydrogens is 315 g/mol. The van der Waals surface area contributed by atoms with Gasteiger partial charge in [0.2, 0.25) is 0 Å². The largest absolute Gasteiger partial charge is 0.467 e. The summed E-state index contributed by atoms with van der Waals surface area (Å²) in [6.07, 6.45) is 0.483. The van der Waals surface area contributed by atoms with Gasteiger partial charge in [0, 0.05) is 15.7 Å². The fourth-order valence-electron chi connectivity index (χ4n) is 1.78. The number of ether oxygens (including phenoxy) is 1. The van der Waals surface area contributed by atoms with Gasteiger partial charge in [-0.3, -0.25) is 0 Å². The van der Waals surface area contributed by atoms with Crippen molar-refractivity contribution in [3.63, 3.8) is 0 Å². The highest BCUT2D eigenvalue weighted by Gasteiger charge is 2.22. The van der Waals surface area contributed by atoms with Gasteiger partial charge in [-0.1, -0.05) is 37.0 Å². The summed E-state index contributed by atoms with van der Waals surface area (Å²) in [5.74, 6) is -0.252. The van der Waals surface area contributed by atoms with Crippen LogP contribution in [0.2, 0.25) is 10.0 Å². The van der Waals surface area contributed by atoms with E-state index < -0.39 is 18.0 Å². The first-order chi connectivity index (χ1) is 9.81. The zero-order chi connectivity index (χ0) is 16.0. The lowest BCUT2D eigenvalue weighted by Crippen LogP contribution is -2.44. The maximum atomic E-state index is 11.9. The van der Waals surface area contributed by atoms with Crippen molar-refractivity contribution in [1.29, 1.82) is 0 Å². The smallest absolute Gasteiger partial charge is 0.328 e. The minimum absolute atomic E-state index is 0.231. The Morgan fingerprint density at radius 2 is 1.76 bits per heavy atom. The second-order valence-corrected chi connectivity index (χ2v) is 5.83. The van der Waals surface area contributed by atoms with Gasteiger partial charge < -0.3 is 15.4 Å². The number of anilines is 1. The first-order valence-electron chi connectivity index (χ1n) is 6.43. The Kier molecular flexibility index (Phi) is 6.78. The van der Waals surface area contributed by atoms with Crippen LogP contribution in [0.3, 0.4) is 0 Å². The topological polar surface area (TPSA) is 67.4 Å². The lowest BCUT2D eigenvalue weighted by atomic mass is 10.0. The minimum Gasteiger partial charge on any atom is -0.467 e. The van der Waals surface area contributed by atoms with Gasteiger partial charge in [0.15, 0.2) is 0 Å². The molecule has 1 aromatic carbocycles. The number of halogens is 2. The molecule has 0 aliphatic carbocycles. The van der Waals surface area contributed by atoms with Gasteiger partial charge >= 0.3 is 12.0 Å². The number of carbonyl (C=O) groups is 2. The van der Waals surface area contributed by atoms with E-state index in [2.05, 4.69) is 15.4 Å². The normalized spacial score (nSPS) is 11.9. The van der Waals surface area contributed by atoms with E-state index >= 15 is 0 Å². The van der Waals surface area contributed by atoms with Crippen LogP contribution < -0.4 is 10.6 Å². The van der Waals surface area contributed by atoms with E-state index in [4.69, 9.17) is 23.2 Å². The first kappa shape index (κ1) is 17.6. The Morgan fingerprint density at radius 1 is 1.19 bits per heavy atom. The molecule has 5 nitrogen and oxygen atoms in total. The van der Waals surface area contributed by atoms with Gasteiger partial charge in [0.25, 0.3) is 0 Å². The molecule has 7 heteroatoms. The van der Waals surface area contributed by atoms with E-state index in [9.17, 15) is 9.59 Å². The monoisotopic (exact) mass is 332 g/mol. The number of benzene rings is 1. The molecule has 0 radical (unpaired) electrons. The lowest BCUT2D eigenvalue weighted by molar-refractivity contribution is -0.143. The average molecular weight is 333 g/mol. The molecule has 1 aromatic rings. The van der Waals surface area contributed by atoms with E-state index in [0.717, 1.165) is 0 Å². The number of methoxy groups -OCH3 is 1. The molecule has 21 heavy (non-hydrogen) atoms. The number of urea groups is 1. The molecule has 0 bridgehead atoms. The molecule has 116 valence electrons. The van der Waals surface area contributed by atoms with E-state index in [1.54, 1.807) is 18.2 Å². The summed E-state index contributed by atoms with van der Waals surface area (Å²) in [6.45, 7) is 3.90. The molecule has 0 saturated heterocycles. The fourth-order valence-corrected chi connectivity index (χ4v) is 2.31. The van der Waals surface area contributed by atoms with Gasteiger partial charge in [-0.25, -0.2) is 9.59 Å². The summed E-state index contributed by atoms with van der Waals surface area (Å²) in [7, 11) is 1.28. The SMILES string of the molecule is COC(=O)[C@H](CC(C)C)NC(=O)Nc1cc(Cl)cc(Cl)c1. The van der Waals surface area contributed by atoms with Gasteiger partial charge in [0.1, 0.15) is 6.04 Å². The van der Waals surface area contributed by atoms with E-state index in [1.165, 1.54) is 7.11 Å².